The highest BCUT2D eigenvalue weighted by atomic mass is 16.2. The van der Waals surface area contributed by atoms with E-state index in [0.29, 0.717) is 12.3 Å². The van der Waals surface area contributed by atoms with Crippen molar-refractivity contribution in [2.24, 2.45) is 17.8 Å². The second-order valence-electron chi connectivity index (χ2n) is 5.54. The molecule has 3 nitrogen and oxygen atoms in total. The van der Waals surface area contributed by atoms with Gasteiger partial charge in [0.25, 0.3) is 0 Å². The molecule has 0 heterocycles. The molecule has 2 saturated carbocycles. The molecule has 0 aliphatic heterocycles. The third-order valence-electron chi connectivity index (χ3n) is 4.32. The van der Waals surface area contributed by atoms with E-state index in [1.165, 1.54) is 32.6 Å². The summed E-state index contributed by atoms with van der Waals surface area (Å²) in [5, 5.41) is 2.78. The summed E-state index contributed by atoms with van der Waals surface area (Å²) < 4.78 is 0. The fraction of sp³-hybridized carbons (Fsp3) is 0.846. The van der Waals surface area contributed by atoms with Gasteiger partial charge < -0.3 is 5.32 Å². The van der Waals surface area contributed by atoms with Crippen molar-refractivity contribution >= 4 is 11.7 Å². The van der Waals surface area contributed by atoms with Gasteiger partial charge in [-0.2, -0.15) is 0 Å². The first-order chi connectivity index (χ1) is 7.56. The first-order valence-electron chi connectivity index (χ1n) is 6.36. The molecule has 1 amide bonds. The number of hydrogen-bond acceptors (Lipinski definition) is 2. The van der Waals surface area contributed by atoms with Crippen LogP contribution in [0.5, 0.6) is 0 Å². The van der Waals surface area contributed by atoms with Crippen LogP contribution in [0.2, 0.25) is 0 Å². The second-order valence-corrected chi connectivity index (χ2v) is 5.54. The number of ketones is 1. The standard InChI is InChI=1S/C13H21NO2/c1-8(9(2)15)14-13(16)7-12-6-10-3-4-11(12)5-10/h8,10-12H,3-7H2,1-2H3,(H,14,16). The van der Waals surface area contributed by atoms with Crippen LogP contribution in [0.25, 0.3) is 0 Å². The summed E-state index contributed by atoms with van der Waals surface area (Å²) in [5.74, 6) is 2.33. The third kappa shape index (κ3) is 2.45. The summed E-state index contributed by atoms with van der Waals surface area (Å²) in [6, 6.07) is -0.328. The van der Waals surface area contributed by atoms with Gasteiger partial charge in [0.1, 0.15) is 0 Å². The molecular weight excluding hydrogens is 202 g/mol. The number of Topliss-reactive ketones (excluding diaryl/α,β-unsaturated/α-hetero) is 1. The highest BCUT2D eigenvalue weighted by Crippen LogP contribution is 2.49. The number of carbonyl (C=O) groups excluding carboxylic acids is 2. The smallest absolute Gasteiger partial charge is 0.220 e. The lowest BCUT2D eigenvalue weighted by Crippen LogP contribution is -2.38. The normalized spacial score (nSPS) is 33.8. The summed E-state index contributed by atoms with van der Waals surface area (Å²) in [5.41, 5.74) is 0. The molecule has 0 radical (unpaired) electrons. The molecule has 3 heteroatoms. The van der Waals surface area contributed by atoms with E-state index in [9.17, 15) is 9.59 Å². The van der Waals surface area contributed by atoms with Crippen molar-refractivity contribution in [2.45, 2.75) is 52.0 Å². The number of amides is 1. The van der Waals surface area contributed by atoms with Crippen LogP contribution in [-0.2, 0) is 9.59 Å². The lowest BCUT2D eigenvalue weighted by Gasteiger charge is -2.21. The van der Waals surface area contributed by atoms with Gasteiger partial charge in [-0.15, -0.1) is 0 Å². The molecule has 2 fully saturated rings. The van der Waals surface area contributed by atoms with Gasteiger partial charge in [0.05, 0.1) is 6.04 Å². The SMILES string of the molecule is CC(=O)C(C)NC(=O)CC1CC2CCC1C2. The first kappa shape index (κ1) is 11.6. The van der Waals surface area contributed by atoms with Crippen LogP contribution in [0.1, 0.15) is 46.0 Å². The van der Waals surface area contributed by atoms with Crippen molar-refractivity contribution in [1.82, 2.24) is 5.32 Å². The average molecular weight is 223 g/mol. The van der Waals surface area contributed by atoms with Crippen LogP contribution in [0.15, 0.2) is 0 Å². The lowest BCUT2D eigenvalue weighted by atomic mass is 9.86. The second kappa shape index (κ2) is 4.56. The van der Waals surface area contributed by atoms with Crippen molar-refractivity contribution in [3.63, 3.8) is 0 Å². The Labute approximate surface area is 97.0 Å². The van der Waals surface area contributed by atoms with E-state index in [4.69, 9.17) is 0 Å². The monoisotopic (exact) mass is 223 g/mol. The molecule has 16 heavy (non-hydrogen) atoms. The molecule has 4 unspecified atom stereocenters. The zero-order chi connectivity index (χ0) is 11.7. The van der Waals surface area contributed by atoms with Crippen molar-refractivity contribution in [1.29, 1.82) is 0 Å². The molecule has 0 aromatic rings. The third-order valence-corrected chi connectivity index (χ3v) is 4.32. The van der Waals surface area contributed by atoms with Crippen LogP contribution >= 0.6 is 0 Å². The summed E-state index contributed by atoms with van der Waals surface area (Å²) >= 11 is 0. The van der Waals surface area contributed by atoms with E-state index in [0.717, 1.165) is 11.8 Å². The van der Waals surface area contributed by atoms with E-state index in [1.807, 2.05) is 0 Å². The van der Waals surface area contributed by atoms with Gasteiger partial charge in [0, 0.05) is 6.42 Å². The molecule has 90 valence electrons. The van der Waals surface area contributed by atoms with Crippen molar-refractivity contribution in [3.8, 4) is 0 Å². The van der Waals surface area contributed by atoms with Gasteiger partial charge in [-0.3, -0.25) is 9.59 Å². The topological polar surface area (TPSA) is 46.2 Å². The molecule has 4 atom stereocenters. The Morgan fingerprint density at radius 2 is 2.06 bits per heavy atom. The molecule has 1 N–H and O–H groups in total. The maximum absolute atomic E-state index is 11.7. The predicted octanol–water partition coefficient (Wildman–Crippen LogP) is 1.91. The van der Waals surface area contributed by atoms with Crippen molar-refractivity contribution in [2.75, 3.05) is 0 Å². The Hall–Kier alpha value is -0.860. The molecule has 0 aromatic carbocycles. The molecule has 0 saturated heterocycles. The van der Waals surface area contributed by atoms with Gasteiger partial charge >= 0.3 is 0 Å². The Balaban J connectivity index is 1.77. The highest BCUT2D eigenvalue weighted by Gasteiger charge is 2.40. The zero-order valence-electron chi connectivity index (χ0n) is 10.2. The van der Waals surface area contributed by atoms with Gasteiger partial charge in [-0.25, -0.2) is 0 Å². The Morgan fingerprint density at radius 3 is 2.56 bits per heavy atom. The van der Waals surface area contributed by atoms with E-state index in [2.05, 4.69) is 5.32 Å². The van der Waals surface area contributed by atoms with Crippen LogP contribution in [0.3, 0.4) is 0 Å². The number of carbonyl (C=O) groups is 2. The molecule has 0 aromatic heterocycles. The highest BCUT2D eigenvalue weighted by molar-refractivity contribution is 5.87. The predicted molar refractivity (Wildman–Crippen MR) is 61.8 cm³/mol. The molecule has 2 aliphatic carbocycles. The van der Waals surface area contributed by atoms with Crippen LogP contribution < -0.4 is 5.32 Å². The Bertz CT molecular complexity index is 300. The molecule has 2 aliphatic rings. The van der Waals surface area contributed by atoms with E-state index >= 15 is 0 Å². The maximum Gasteiger partial charge on any atom is 0.220 e. The van der Waals surface area contributed by atoms with Crippen LogP contribution in [0, 0.1) is 17.8 Å². The average Bonchev–Trinajstić information content (AvgIpc) is 2.78. The largest absolute Gasteiger partial charge is 0.347 e. The van der Waals surface area contributed by atoms with Gasteiger partial charge in [-0.05, 0) is 50.9 Å². The number of rotatable bonds is 4. The minimum atomic E-state index is -0.328. The summed E-state index contributed by atoms with van der Waals surface area (Å²) in [4.78, 5) is 22.8. The van der Waals surface area contributed by atoms with Crippen molar-refractivity contribution < 1.29 is 9.59 Å². The van der Waals surface area contributed by atoms with Crippen LogP contribution in [0.4, 0.5) is 0 Å². The number of nitrogens with one attached hydrogen (secondary N) is 1. The minimum absolute atomic E-state index is 0.0290. The van der Waals surface area contributed by atoms with Crippen LogP contribution in [-0.4, -0.2) is 17.7 Å². The molecule has 2 bridgehead atoms. The van der Waals surface area contributed by atoms with Gasteiger partial charge in [0.2, 0.25) is 5.91 Å². The summed E-state index contributed by atoms with van der Waals surface area (Å²) in [7, 11) is 0. The minimum Gasteiger partial charge on any atom is -0.347 e. The number of hydrogen-bond donors (Lipinski definition) is 1. The van der Waals surface area contributed by atoms with E-state index in [1.54, 1.807) is 6.92 Å². The number of fused-ring (bicyclic) bond motifs is 2. The fourth-order valence-corrected chi connectivity index (χ4v) is 3.27. The summed E-state index contributed by atoms with van der Waals surface area (Å²) in [6.45, 7) is 3.27. The fourth-order valence-electron chi connectivity index (χ4n) is 3.27. The Kier molecular flexibility index (Phi) is 3.31. The molecule has 2 rings (SSSR count). The quantitative estimate of drug-likeness (QED) is 0.791. The van der Waals surface area contributed by atoms with Crippen molar-refractivity contribution in [3.05, 3.63) is 0 Å². The van der Waals surface area contributed by atoms with Gasteiger partial charge in [-0.1, -0.05) is 6.42 Å². The van der Waals surface area contributed by atoms with E-state index in [-0.39, 0.29) is 17.7 Å². The summed E-state index contributed by atoms with van der Waals surface area (Å²) in [6.07, 6.45) is 5.86. The van der Waals surface area contributed by atoms with Gasteiger partial charge in [0.15, 0.2) is 5.78 Å². The Morgan fingerprint density at radius 1 is 1.31 bits per heavy atom. The lowest BCUT2D eigenvalue weighted by molar-refractivity contribution is -0.127. The van der Waals surface area contributed by atoms with E-state index < -0.39 is 0 Å². The maximum atomic E-state index is 11.7. The zero-order valence-corrected chi connectivity index (χ0v) is 10.2. The first-order valence-corrected chi connectivity index (χ1v) is 6.36. The molecular formula is C13H21NO2. The molecule has 0 spiro atoms.